The zero-order valence-corrected chi connectivity index (χ0v) is 8.73. The van der Waals surface area contributed by atoms with E-state index in [0.29, 0.717) is 5.69 Å². The fourth-order valence-corrected chi connectivity index (χ4v) is 2.25. The normalized spacial score (nSPS) is 13.1. The summed E-state index contributed by atoms with van der Waals surface area (Å²) in [6.45, 7) is 0. The molecule has 0 aromatic heterocycles. The van der Waals surface area contributed by atoms with Gasteiger partial charge in [-0.1, -0.05) is 36.4 Å². The molecule has 2 aromatic carbocycles. The van der Waals surface area contributed by atoms with Crippen molar-refractivity contribution >= 4 is 11.5 Å². The van der Waals surface area contributed by atoms with Gasteiger partial charge in [0.15, 0.2) is 5.78 Å². The molecule has 2 aromatic rings. The van der Waals surface area contributed by atoms with Gasteiger partial charge in [-0.25, -0.2) is 0 Å². The maximum atomic E-state index is 12.2. The Bertz CT molecular complexity index is 587. The lowest BCUT2D eigenvalue weighted by atomic mass is 9.84. The third-order valence-corrected chi connectivity index (χ3v) is 3.09. The van der Waals surface area contributed by atoms with E-state index in [4.69, 9.17) is 5.73 Å². The average molecular weight is 209 g/mol. The lowest BCUT2D eigenvalue weighted by Gasteiger charge is -2.19. The lowest BCUT2D eigenvalue weighted by Crippen LogP contribution is -2.16. The van der Waals surface area contributed by atoms with Crippen LogP contribution in [0.25, 0.3) is 0 Å². The summed E-state index contributed by atoms with van der Waals surface area (Å²) in [6, 6.07) is 13.3. The summed E-state index contributed by atoms with van der Waals surface area (Å²) in [6.07, 6.45) is 0.754. The van der Waals surface area contributed by atoms with Gasteiger partial charge in [-0.2, -0.15) is 0 Å². The van der Waals surface area contributed by atoms with Crippen LogP contribution in [0, 0.1) is 0 Å². The number of anilines is 1. The molecule has 0 amide bonds. The number of ketones is 1. The van der Waals surface area contributed by atoms with Gasteiger partial charge in [-0.05, 0) is 17.2 Å². The first-order valence-electron chi connectivity index (χ1n) is 5.27. The van der Waals surface area contributed by atoms with Crippen molar-refractivity contribution in [2.45, 2.75) is 6.42 Å². The zero-order valence-electron chi connectivity index (χ0n) is 8.73. The first kappa shape index (κ1) is 9.16. The Hall–Kier alpha value is -2.09. The minimum Gasteiger partial charge on any atom is -0.398 e. The van der Waals surface area contributed by atoms with Gasteiger partial charge in [0, 0.05) is 23.2 Å². The van der Waals surface area contributed by atoms with E-state index in [1.807, 2.05) is 42.5 Å². The quantitative estimate of drug-likeness (QED) is 0.578. The number of carbonyl (C=O) groups excluding carboxylic acids is 1. The smallest absolute Gasteiger partial charge is 0.193 e. The minimum atomic E-state index is 0.0872. The van der Waals surface area contributed by atoms with Crippen LogP contribution < -0.4 is 5.73 Å². The van der Waals surface area contributed by atoms with Crippen molar-refractivity contribution < 1.29 is 4.79 Å². The number of hydrogen-bond acceptors (Lipinski definition) is 2. The highest BCUT2D eigenvalue weighted by molar-refractivity contribution is 6.13. The number of nitrogens with two attached hydrogens (primary N) is 1. The number of rotatable bonds is 0. The first-order chi connectivity index (χ1) is 7.77. The Balaban J connectivity index is 2.26. The minimum absolute atomic E-state index is 0.0872. The maximum absolute atomic E-state index is 12.2. The van der Waals surface area contributed by atoms with Crippen LogP contribution in [-0.2, 0) is 6.42 Å². The molecule has 0 spiro atoms. The van der Waals surface area contributed by atoms with Crippen molar-refractivity contribution in [3.63, 3.8) is 0 Å². The second-order valence-electron chi connectivity index (χ2n) is 4.04. The van der Waals surface area contributed by atoms with Crippen molar-refractivity contribution in [3.05, 3.63) is 64.7 Å². The van der Waals surface area contributed by atoms with E-state index in [-0.39, 0.29) is 5.78 Å². The standard InChI is InChI=1S/C14H11NO/c15-13-7-3-6-11-12(13)8-9-4-1-2-5-10(9)14(11)16/h1-7H,8,15H2. The monoisotopic (exact) mass is 209 g/mol. The SMILES string of the molecule is Nc1cccc2c1Cc1ccccc1C2=O. The van der Waals surface area contributed by atoms with E-state index in [0.717, 1.165) is 28.7 Å². The molecule has 0 bridgehead atoms. The third kappa shape index (κ3) is 1.16. The van der Waals surface area contributed by atoms with Gasteiger partial charge >= 0.3 is 0 Å². The summed E-state index contributed by atoms with van der Waals surface area (Å²) in [7, 11) is 0. The number of carbonyl (C=O) groups is 1. The van der Waals surface area contributed by atoms with Gasteiger partial charge in [-0.15, -0.1) is 0 Å². The van der Waals surface area contributed by atoms with Crippen LogP contribution in [0.2, 0.25) is 0 Å². The molecule has 0 atom stereocenters. The van der Waals surface area contributed by atoms with Crippen LogP contribution in [0.3, 0.4) is 0 Å². The van der Waals surface area contributed by atoms with E-state index in [2.05, 4.69) is 0 Å². The average Bonchev–Trinajstić information content (AvgIpc) is 2.31. The second kappa shape index (κ2) is 3.20. The molecule has 0 heterocycles. The molecule has 0 radical (unpaired) electrons. The second-order valence-corrected chi connectivity index (χ2v) is 4.04. The third-order valence-electron chi connectivity index (χ3n) is 3.09. The molecule has 0 aliphatic heterocycles. The van der Waals surface area contributed by atoms with E-state index in [1.54, 1.807) is 0 Å². The molecular weight excluding hydrogens is 198 g/mol. The Kier molecular flexibility index (Phi) is 1.83. The molecule has 0 saturated heterocycles. The number of fused-ring (bicyclic) bond motifs is 2. The Morgan fingerprint density at radius 2 is 1.69 bits per heavy atom. The van der Waals surface area contributed by atoms with Crippen molar-refractivity contribution in [1.82, 2.24) is 0 Å². The summed E-state index contributed by atoms with van der Waals surface area (Å²) in [5, 5.41) is 0. The van der Waals surface area contributed by atoms with Crippen LogP contribution in [0.1, 0.15) is 27.0 Å². The van der Waals surface area contributed by atoms with Gasteiger partial charge in [-0.3, -0.25) is 4.79 Å². The highest BCUT2D eigenvalue weighted by Gasteiger charge is 2.23. The Morgan fingerprint density at radius 1 is 0.938 bits per heavy atom. The molecule has 2 N–H and O–H groups in total. The summed E-state index contributed by atoms with van der Waals surface area (Å²) in [5.74, 6) is 0.0872. The summed E-state index contributed by atoms with van der Waals surface area (Å²) in [5.41, 5.74) is 10.2. The van der Waals surface area contributed by atoms with E-state index in [1.165, 1.54) is 0 Å². The molecule has 0 fully saturated rings. The van der Waals surface area contributed by atoms with Crippen LogP contribution in [0.15, 0.2) is 42.5 Å². The van der Waals surface area contributed by atoms with Gasteiger partial charge in [0.25, 0.3) is 0 Å². The number of nitrogen functional groups attached to an aromatic ring is 1. The molecule has 78 valence electrons. The highest BCUT2D eigenvalue weighted by atomic mass is 16.1. The van der Waals surface area contributed by atoms with Gasteiger partial charge in [0.05, 0.1) is 0 Å². The van der Waals surface area contributed by atoms with Gasteiger partial charge in [0.2, 0.25) is 0 Å². The van der Waals surface area contributed by atoms with Crippen LogP contribution in [0.5, 0.6) is 0 Å². The molecule has 2 nitrogen and oxygen atoms in total. The van der Waals surface area contributed by atoms with Crippen LogP contribution >= 0.6 is 0 Å². The fourth-order valence-electron chi connectivity index (χ4n) is 2.25. The summed E-state index contributed by atoms with van der Waals surface area (Å²) in [4.78, 5) is 12.2. The largest absolute Gasteiger partial charge is 0.398 e. The van der Waals surface area contributed by atoms with Gasteiger partial charge in [0.1, 0.15) is 0 Å². The predicted molar refractivity (Wildman–Crippen MR) is 63.5 cm³/mol. The van der Waals surface area contributed by atoms with E-state index >= 15 is 0 Å². The molecule has 3 rings (SSSR count). The van der Waals surface area contributed by atoms with Crippen molar-refractivity contribution in [1.29, 1.82) is 0 Å². The fraction of sp³-hybridized carbons (Fsp3) is 0.0714. The van der Waals surface area contributed by atoms with Crippen molar-refractivity contribution in [2.24, 2.45) is 0 Å². The lowest BCUT2D eigenvalue weighted by molar-refractivity contribution is 0.103. The number of hydrogen-bond donors (Lipinski definition) is 1. The van der Waals surface area contributed by atoms with Gasteiger partial charge < -0.3 is 5.73 Å². The summed E-state index contributed by atoms with van der Waals surface area (Å²) < 4.78 is 0. The molecular formula is C14H11NO. The van der Waals surface area contributed by atoms with E-state index < -0.39 is 0 Å². The molecule has 16 heavy (non-hydrogen) atoms. The molecule has 0 saturated carbocycles. The molecule has 0 unspecified atom stereocenters. The van der Waals surface area contributed by atoms with Crippen molar-refractivity contribution in [3.8, 4) is 0 Å². The first-order valence-corrected chi connectivity index (χ1v) is 5.27. The van der Waals surface area contributed by atoms with Crippen LogP contribution in [0.4, 0.5) is 5.69 Å². The van der Waals surface area contributed by atoms with Crippen LogP contribution in [-0.4, -0.2) is 5.78 Å². The molecule has 1 aliphatic rings. The van der Waals surface area contributed by atoms with E-state index in [9.17, 15) is 4.79 Å². The molecule has 2 heteroatoms. The predicted octanol–water partition coefficient (Wildman–Crippen LogP) is 2.40. The Morgan fingerprint density at radius 3 is 2.56 bits per heavy atom. The maximum Gasteiger partial charge on any atom is 0.193 e. The van der Waals surface area contributed by atoms with Crippen molar-refractivity contribution in [2.75, 3.05) is 5.73 Å². The highest BCUT2D eigenvalue weighted by Crippen LogP contribution is 2.30. The summed E-state index contributed by atoms with van der Waals surface area (Å²) >= 11 is 0. The molecule has 1 aliphatic carbocycles. The topological polar surface area (TPSA) is 43.1 Å². The Labute approximate surface area is 93.7 Å². The number of benzene rings is 2. The zero-order chi connectivity index (χ0) is 11.1.